The van der Waals surface area contributed by atoms with Crippen LogP contribution in [0.5, 0.6) is 0 Å². The second kappa shape index (κ2) is 24.4. The van der Waals surface area contributed by atoms with Gasteiger partial charge in [-0.15, -0.1) is 0 Å². The summed E-state index contributed by atoms with van der Waals surface area (Å²) < 4.78 is 67.8. The van der Waals surface area contributed by atoms with E-state index in [1.807, 2.05) is 51.9 Å². The lowest BCUT2D eigenvalue weighted by Crippen LogP contribution is -2.46. The lowest BCUT2D eigenvalue weighted by molar-refractivity contribution is -0.137. The average Bonchev–Trinajstić information content (AvgIpc) is 3.06. The molecule has 0 saturated carbocycles. The molecule has 1 amide bonds. The Balaban J connectivity index is 0.00000127. The molecule has 14 heteroatoms. The number of hydrazine groups is 1. The van der Waals surface area contributed by atoms with Crippen LogP contribution < -0.4 is 16.4 Å². The number of nitrogens with two attached hydrogens (primary N) is 1. The van der Waals surface area contributed by atoms with Crippen LogP contribution in [-0.2, 0) is 15.7 Å². The smallest absolute Gasteiger partial charge is 0.386 e. The number of hydrogen-bond donors (Lipinski definition) is 3. The van der Waals surface area contributed by atoms with Crippen LogP contribution in [-0.4, -0.2) is 81.3 Å². The third kappa shape index (κ3) is 16.5. The highest BCUT2D eigenvalue weighted by Gasteiger charge is 2.31. The van der Waals surface area contributed by atoms with E-state index < -0.39 is 23.4 Å². The average molecular weight is 702 g/mol. The number of rotatable bonds is 16. The van der Waals surface area contributed by atoms with Crippen molar-refractivity contribution in [2.75, 3.05) is 59.4 Å². The first-order valence-corrected chi connectivity index (χ1v) is 16.4. The maximum atomic E-state index is 13.6. The van der Waals surface area contributed by atoms with Gasteiger partial charge in [-0.1, -0.05) is 39.8 Å². The van der Waals surface area contributed by atoms with Crippen LogP contribution in [0, 0.1) is 11.7 Å². The predicted molar refractivity (Wildman–Crippen MR) is 189 cm³/mol. The number of amides is 1. The zero-order valence-corrected chi connectivity index (χ0v) is 30.4. The second-order valence-electron chi connectivity index (χ2n) is 10.8. The first-order valence-electron chi connectivity index (χ1n) is 16.4. The van der Waals surface area contributed by atoms with Gasteiger partial charge in [0.25, 0.3) is 0 Å². The highest BCUT2D eigenvalue weighted by atomic mass is 19.4. The molecule has 0 bridgehead atoms. The lowest BCUT2D eigenvalue weighted by Gasteiger charge is -2.39. The molecule has 1 unspecified atom stereocenters. The number of methoxy groups -OCH3 is 1. The number of aliphatic imine (C=N–C) groups is 1. The summed E-state index contributed by atoms with van der Waals surface area (Å²) in [6.07, 6.45) is 6.54. The molecule has 1 aliphatic heterocycles. The molecule has 0 saturated heterocycles. The maximum Gasteiger partial charge on any atom is 0.416 e. The molecule has 278 valence electrons. The summed E-state index contributed by atoms with van der Waals surface area (Å²) in [7, 11) is 5.08. The molecule has 1 aromatic rings. The van der Waals surface area contributed by atoms with Crippen molar-refractivity contribution in [3.63, 3.8) is 0 Å². The second-order valence-corrected chi connectivity index (χ2v) is 10.8. The van der Waals surface area contributed by atoms with Crippen molar-refractivity contribution in [1.29, 1.82) is 0 Å². The summed E-state index contributed by atoms with van der Waals surface area (Å²) in [6.45, 7) is 15.7. The normalized spacial score (nSPS) is 16.0. The highest BCUT2D eigenvalue weighted by Crippen LogP contribution is 2.31. The van der Waals surface area contributed by atoms with Gasteiger partial charge in [0.15, 0.2) is 0 Å². The van der Waals surface area contributed by atoms with Crippen LogP contribution in [0.15, 0.2) is 70.4 Å². The maximum absolute atomic E-state index is 13.6. The van der Waals surface area contributed by atoms with Gasteiger partial charge < -0.3 is 26.0 Å². The van der Waals surface area contributed by atoms with Gasteiger partial charge in [-0.05, 0) is 82.5 Å². The molecule has 4 N–H and O–H groups in total. The van der Waals surface area contributed by atoms with E-state index in [0.717, 1.165) is 69.0 Å². The molecule has 1 aliphatic rings. The molecule has 9 nitrogen and oxygen atoms in total. The Labute approximate surface area is 289 Å². The number of nitrogens with one attached hydrogen (secondary N) is 2. The SMILES string of the molecule is C/C=C(/CCCN(CCC)CCOC)N1/C(=C/C(C)/C=C\C(NC=O)=C(/C)F)C(N)=NCN1C.CC.CNc1cc(C(F)(F)F)ccc1F. The molecule has 0 aromatic heterocycles. The molecular formula is C35H56F5N7O2. The van der Waals surface area contributed by atoms with Crippen molar-refractivity contribution in [2.45, 2.75) is 67.0 Å². The molecular weight excluding hydrogens is 645 g/mol. The lowest BCUT2D eigenvalue weighted by atomic mass is 10.1. The third-order valence-corrected chi connectivity index (χ3v) is 7.08. The number of carbonyl (C=O) groups is 1. The molecule has 2 rings (SSSR count). The minimum absolute atomic E-state index is 0.0762. The Morgan fingerprint density at radius 2 is 1.90 bits per heavy atom. The van der Waals surface area contributed by atoms with E-state index in [1.54, 1.807) is 13.2 Å². The van der Waals surface area contributed by atoms with Gasteiger partial charge in [-0.3, -0.25) is 9.80 Å². The zero-order valence-electron chi connectivity index (χ0n) is 30.4. The molecule has 0 aliphatic carbocycles. The minimum Gasteiger partial charge on any atom is -0.386 e. The van der Waals surface area contributed by atoms with Gasteiger partial charge in [0.2, 0.25) is 6.41 Å². The molecule has 0 spiro atoms. The summed E-state index contributed by atoms with van der Waals surface area (Å²) in [6, 6.07) is 2.22. The molecule has 49 heavy (non-hydrogen) atoms. The van der Waals surface area contributed by atoms with Crippen LogP contribution in [0.2, 0.25) is 0 Å². The monoisotopic (exact) mass is 701 g/mol. The van der Waals surface area contributed by atoms with Gasteiger partial charge in [-0.25, -0.2) is 13.8 Å². The van der Waals surface area contributed by atoms with Crippen LogP contribution in [0.3, 0.4) is 0 Å². The summed E-state index contributed by atoms with van der Waals surface area (Å²) in [5, 5.41) is 8.86. The van der Waals surface area contributed by atoms with Gasteiger partial charge in [-0.2, -0.15) is 18.2 Å². The van der Waals surface area contributed by atoms with E-state index in [9.17, 15) is 26.7 Å². The van der Waals surface area contributed by atoms with E-state index in [0.29, 0.717) is 25.0 Å². The Hall–Kier alpha value is -3.75. The first kappa shape index (κ1) is 45.2. The first-order chi connectivity index (χ1) is 23.2. The fraction of sp³-hybridized carbons (Fsp3) is 0.543. The van der Waals surface area contributed by atoms with Crippen molar-refractivity contribution in [3.8, 4) is 0 Å². The standard InChI is InChI=1S/C25H43FN6O2.C8H7F4N.C2H6/c1-7-13-31(15-16-34-6)14-9-10-22(8-2)32-24(25(27)28-18-30(32)5)17-20(3)11-12-23(21(4)26)29-19-33;1-13-7-4-5(8(10,11)12)2-3-6(7)9;1-2/h8,11-12,17,19-20H,7,9-10,13-16,18H2,1-6H3,(H2,27,28)(H,29,33);2-4,13H,1H3;1-2H3/b12-11-,22-8-,23-21-,24-17+;;. The Bertz CT molecular complexity index is 1280. The van der Waals surface area contributed by atoms with E-state index >= 15 is 0 Å². The van der Waals surface area contributed by atoms with Crippen LogP contribution in [0.4, 0.5) is 27.6 Å². The molecule has 1 aromatic carbocycles. The number of ether oxygens (including phenoxy) is 1. The quantitative estimate of drug-likeness (QED) is 0.0937. The summed E-state index contributed by atoms with van der Waals surface area (Å²) in [5.74, 6) is -0.765. The number of benzene rings is 1. The van der Waals surface area contributed by atoms with Gasteiger partial charge in [0.1, 0.15) is 24.1 Å². The van der Waals surface area contributed by atoms with Crippen molar-refractivity contribution in [1.82, 2.24) is 20.2 Å². The Morgan fingerprint density at radius 1 is 1.22 bits per heavy atom. The van der Waals surface area contributed by atoms with E-state index in [4.69, 9.17) is 10.5 Å². The predicted octanol–water partition coefficient (Wildman–Crippen LogP) is 7.44. The van der Waals surface area contributed by atoms with Crippen LogP contribution in [0.1, 0.15) is 66.4 Å². The van der Waals surface area contributed by atoms with Crippen LogP contribution >= 0.6 is 0 Å². The van der Waals surface area contributed by atoms with E-state index in [1.165, 1.54) is 14.0 Å². The largest absolute Gasteiger partial charge is 0.416 e. The number of hydrogen-bond acceptors (Lipinski definition) is 8. The highest BCUT2D eigenvalue weighted by molar-refractivity contribution is 5.97. The number of amidine groups is 1. The van der Waals surface area contributed by atoms with Crippen LogP contribution in [0.25, 0.3) is 0 Å². The fourth-order valence-corrected chi connectivity index (χ4v) is 4.65. The van der Waals surface area contributed by atoms with Crippen molar-refractivity contribution in [2.24, 2.45) is 16.6 Å². The van der Waals surface area contributed by atoms with E-state index in [-0.39, 0.29) is 17.3 Å². The summed E-state index contributed by atoms with van der Waals surface area (Å²) in [5.41, 5.74) is 7.37. The minimum atomic E-state index is -4.43. The number of halogens is 5. The zero-order chi connectivity index (χ0) is 37.6. The molecule has 0 fully saturated rings. The van der Waals surface area contributed by atoms with Gasteiger partial charge >= 0.3 is 6.18 Å². The number of carbonyl (C=O) groups excluding carboxylic acids is 1. The molecule has 1 atom stereocenters. The van der Waals surface area contributed by atoms with Crippen molar-refractivity contribution >= 4 is 17.9 Å². The number of allylic oxidation sites excluding steroid dienone is 6. The molecule has 0 radical (unpaired) electrons. The fourth-order valence-electron chi connectivity index (χ4n) is 4.65. The number of nitrogens with zero attached hydrogens (tertiary/aromatic N) is 4. The summed E-state index contributed by atoms with van der Waals surface area (Å²) in [4.78, 5) is 17.6. The van der Waals surface area contributed by atoms with Crippen molar-refractivity contribution in [3.05, 3.63) is 76.8 Å². The Kier molecular flexibility index (Phi) is 22.5. The van der Waals surface area contributed by atoms with Crippen molar-refractivity contribution < 1.29 is 31.5 Å². The third-order valence-electron chi connectivity index (χ3n) is 7.08. The number of anilines is 1. The summed E-state index contributed by atoms with van der Waals surface area (Å²) >= 11 is 0. The Morgan fingerprint density at radius 3 is 2.43 bits per heavy atom. The van der Waals surface area contributed by atoms with E-state index in [2.05, 4.69) is 38.5 Å². The molecule has 1 heterocycles. The topological polar surface area (TPSA) is 98.5 Å². The van der Waals surface area contributed by atoms with Gasteiger partial charge in [0, 0.05) is 33.4 Å². The number of alkyl halides is 3. The van der Waals surface area contributed by atoms with Gasteiger partial charge in [0.05, 0.1) is 29.3 Å².